The molecule has 0 spiro atoms. The SMILES string of the molecule is Cc1ccccc1-n1ncc([C@@H](C)NC(=O)CN2CCCCC2=O)c1C. The van der Waals surface area contributed by atoms with Crippen LogP contribution in [0.25, 0.3) is 5.69 Å². The maximum Gasteiger partial charge on any atom is 0.240 e. The summed E-state index contributed by atoms with van der Waals surface area (Å²) in [4.78, 5) is 25.9. The second kappa shape index (κ2) is 7.72. The maximum atomic E-state index is 12.4. The molecule has 6 nitrogen and oxygen atoms in total. The van der Waals surface area contributed by atoms with Crippen LogP contribution in [0.15, 0.2) is 30.5 Å². The van der Waals surface area contributed by atoms with Crippen molar-refractivity contribution in [3.8, 4) is 5.69 Å². The highest BCUT2D eigenvalue weighted by Crippen LogP contribution is 2.22. The van der Waals surface area contributed by atoms with Crippen molar-refractivity contribution >= 4 is 11.8 Å². The lowest BCUT2D eigenvalue weighted by molar-refractivity contribution is -0.138. The average molecular weight is 354 g/mol. The number of nitrogens with one attached hydrogen (secondary N) is 1. The van der Waals surface area contributed by atoms with Gasteiger partial charge >= 0.3 is 0 Å². The number of para-hydroxylation sites is 1. The Balaban J connectivity index is 1.68. The van der Waals surface area contributed by atoms with Crippen molar-refractivity contribution in [3.05, 3.63) is 47.3 Å². The number of piperidine rings is 1. The first kappa shape index (κ1) is 18.2. The number of benzene rings is 1. The number of likely N-dealkylation sites (tertiary alicyclic amines) is 1. The molecule has 26 heavy (non-hydrogen) atoms. The van der Waals surface area contributed by atoms with Gasteiger partial charge in [0.1, 0.15) is 0 Å². The molecule has 0 bridgehead atoms. The first-order chi connectivity index (χ1) is 12.5. The van der Waals surface area contributed by atoms with Gasteiger partial charge < -0.3 is 10.2 Å². The summed E-state index contributed by atoms with van der Waals surface area (Å²) in [6, 6.07) is 7.91. The summed E-state index contributed by atoms with van der Waals surface area (Å²) >= 11 is 0. The van der Waals surface area contributed by atoms with E-state index >= 15 is 0 Å². The molecular weight excluding hydrogens is 328 g/mol. The molecule has 2 amide bonds. The molecule has 2 heterocycles. The molecule has 1 saturated heterocycles. The highest BCUT2D eigenvalue weighted by Gasteiger charge is 2.22. The standard InChI is InChI=1S/C20H26N4O2/c1-14-8-4-5-9-18(14)24-16(3)17(12-21-24)15(2)22-19(25)13-23-11-7-6-10-20(23)26/h4-5,8-9,12,15H,6-7,10-11,13H2,1-3H3,(H,22,25)/t15-/m1/s1. The summed E-state index contributed by atoms with van der Waals surface area (Å²) in [5.74, 6) is -0.0570. The van der Waals surface area contributed by atoms with Crippen molar-refractivity contribution in [1.82, 2.24) is 20.0 Å². The van der Waals surface area contributed by atoms with Crippen LogP contribution < -0.4 is 5.32 Å². The van der Waals surface area contributed by atoms with Crippen LogP contribution in [0, 0.1) is 13.8 Å². The first-order valence-electron chi connectivity index (χ1n) is 9.15. The number of carbonyl (C=O) groups is 2. The molecular formula is C20H26N4O2. The molecule has 1 aliphatic rings. The van der Waals surface area contributed by atoms with Crippen LogP contribution in [-0.4, -0.2) is 39.6 Å². The Morgan fingerprint density at radius 3 is 2.77 bits per heavy atom. The van der Waals surface area contributed by atoms with Gasteiger partial charge in [-0.15, -0.1) is 0 Å². The maximum absolute atomic E-state index is 12.4. The van der Waals surface area contributed by atoms with Crippen molar-refractivity contribution in [1.29, 1.82) is 0 Å². The minimum Gasteiger partial charge on any atom is -0.348 e. The Morgan fingerprint density at radius 1 is 1.27 bits per heavy atom. The van der Waals surface area contributed by atoms with Gasteiger partial charge in [-0.25, -0.2) is 4.68 Å². The van der Waals surface area contributed by atoms with E-state index in [0.29, 0.717) is 13.0 Å². The van der Waals surface area contributed by atoms with Gasteiger partial charge in [0.2, 0.25) is 11.8 Å². The van der Waals surface area contributed by atoms with Gasteiger partial charge in [0.15, 0.2) is 0 Å². The van der Waals surface area contributed by atoms with E-state index in [0.717, 1.165) is 35.3 Å². The molecule has 6 heteroatoms. The van der Waals surface area contributed by atoms with Gasteiger partial charge in [-0.05, 0) is 45.2 Å². The van der Waals surface area contributed by atoms with Crippen LogP contribution in [0.5, 0.6) is 0 Å². The quantitative estimate of drug-likeness (QED) is 0.898. The fraction of sp³-hybridized carbons (Fsp3) is 0.450. The van der Waals surface area contributed by atoms with E-state index in [1.165, 1.54) is 0 Å². The Kier molecular flexibility index (Phi) is 5.40. The van der Waals surface area contributed by atoms with E-state index in [-0.39, 0.29) is 24.4 Å². The number of aromatic nitrogens is 2. The molecule has 1 aromatic carbocycles. The molecule has 1 aromatic heterocycles. The van der Waals surface area contributed by atoms with E-state index < -0.39 is 0 Å². The summed E-state index contributed by atoms with van der Waals surface area (Å²) in [5, 5.41) is 7.50. The molecule has 3 rings (SSSR count). The van der Waals surface area contributed by atoms with Crippen LogP contribution in [0.1, 0.15) is 49.0 Å². The second-order valence-electron chi connectivity index (χ2n) is 6.95. The van der Waals surface area contributed by atoms with Crippen LogP contribution >= 0.6 is 0 Å². The Morgan fingerprint density at radius 2 is 2.04 bits per heavy atom. The van der Waals surface area contributed by atoms with Crippen molar-refractivity contribution in [2.45, 2.75) is 46.1 Å². The van der Waals surface area contributed by atoms with Gasteiger partial charge in [0, 0.05) is 24.2 Å². The average Bonchev–Trinajstić information content (AvgIpc) is 2.99. The smallest absolute Gasteiger partial charge is 0.240 e. The summed E-state index contributed by atoms with van der Waals surface area (Å²) in [5.41, 5.74) is 4.16. The number of carbonyl (C=O) groups excluding carboxylic acids is 2. The molecule has 0 unspecified atom stereocenters. The van der Waals surface area contributed by atoms with E-state index in [4.69, 9.17) is 0 Å². The fourth-order valence-electron chi connectivity index (χ4n) is 3.46. The third-order valence-electron chi connectivity index (χ3n) is 4.99. The van der Waals surface area contributed by atoms with Crippen molar-refractivity contribution in [2.75, 3.05) is 13.1 Å². The molecule has 0 saturated carbocycles. The Hall–Kier alpha value is -2.63. The van der Waals surface area contributed by atoms with Crippen LogP contribution in [-0.2, 0) is 9.59 Å². The number of hydrogen-bond acceptors (Lipinski definition) is 3. The predicted octanol–water partition coefficient (Wildman–Crippen LogP) is 2.68. The summed E-state index contributed by atoms with van der Waals surface area (Å²) in [7, 11) is 0. The number of aryl methyl sites for hydroxylation is 1. The fourth-order valence-corrected chi connectivity index (χ4v) is 3.46. The van der Waals surface area contributed by atoms with Gasteiger partial charge in [-0.3, -0.25) is 9.59 Å². The number of nitrogens with zero attached hydrogens (tertiary/aromatic N) is 3. The van der Waals surface area contributed by atoms with Gasteiger partial charge in [-0.2, -0.15) is 5.10 Å². The zero-order chi connectivity index (χ0) is 18.7. The van der Waals surface area contributed by atoms with Crippen molar-refractivity contribution in [2.24, 2.45) is 0 Å². The van der Waals surface area contributed by atoms with Crippen LogP contribution in [0.4, 0.5) is 0 Å². The van der Waals surface area contributed by atoms with E-state index in [9.17, 15) is 9.59 Å². The second-order valence-corrected chi connectivity index (χ2v) is 6.95. The van der Waals surface area contributed by atoms with E-state index in [2.05, 4.69) is 23.4 Å². The summed E-state index contributed by atoms with van der Waals surface area (Å²) in [6.45, 7) is 6.81. The van der Waals surface area contributed by atoms with Crippen molar-refractivity contribution in [3.63, 3.8) is 0 Å². The highest BCUT2D eigenvalue weighted by molar-refractivity contribution is 5.85. The van der Waals surface area contributed by atoms with Crippen LogP contribution in [0.2, 0.25) is 0 Å². The van der Waals surface area contributed by atoms with Gasteiger partial charge in [0.25, 0.3) is 0 Å². The van der Waals surface area contributed by atoms with Gasteiger partial charge in [0.05, 0.1) is 24.5 Å². The number of amides is 2. The molecule has 0 radical (unpaired) electrons. The Labute approximate surface area is 154 Å². The lowest BCUT2D eigenvalue weighted by atomic mass is 10.1. The lowest BCUT2D eigenvalue weighted by Gasteiger charge is -2.26. The third kappa shape index (κ3) is 3.79. The van der Waals surface area contributed by atoms with Crippen molar-refractivity contribution < 1.29 is 9.59 Å². The molecule has 1 N–H and O–H groups in total. The number of rotatable bonds is 5. The Bertz CT molecular complexity index is 812. The lowest BCUT2D eigenvalue weighted by Crippen LogP contribution is -2.43. The minimum atomic E-state index is -0.167. The topological polar surface area (TPSA) is 67.2 Å². The van der Waals surface area contributed by atoms with E-state index in [1.807, 2.05) is 36.7 Å². The molecule has 138 valence electrons. The monoisotopic (exact) mass is 354 g/mol. The molecule has 1 atom stereocenters. The molecule has 1 aliphatic heterocycles. The first-order valence-corrected chi connectivity index (χ1v) is 9.15. The molecule has 1 fully saturated rings. The normalized spacial score (nSPS) is 15.8. The molecule has 0 aliphatic carbocycles. The zero-order valence-electron chi connectivity index (χ0n) is 15.7. The predicted molar refractivity (Wildman–Crippen MR) is 100 cm³/mol. The highest BCUT2D eigenvalue weighted by atomic mass is 16.2. The van der Waals surface area contributed by atoms with Gasteiger partial charge in [-0.1, -0.05) is 18.2 Å². The summed E-state index contributed by atoms with van der Waals surface area (Å²) in [6.07, 6.45) is 4.24. The number of hydrogen-bond donors (Lipinski definition) is 1. The largest absolute Gasteiger partial charge is 0.348 e. The molecule has 2 aromatic rings. The van der Waals surface area contributed by atoms with E-state index in [1.54, 1.807) is 11.1 Å². The minimum absolute atomic E-state index is 0.0719. The summed E-state index contributed by atoms with van der Waals surface area (Å²) < 4.78 is 1.90. The zero-order valence-corrected chi connectivity index (χ0v) is 15.7. The van der Waals surface area contributed by atoms with Crippen LogP contribution in [0.3, 0.4) is 0 Å². The third-order valence-corrected chi connectivity index (χ3v) is 4.99.